The summed E-state index contributed by atoms with van der Waals surface area (Å²) in [6, 6.07) is 5.52. The van der Waals surface area contributed by atoms with E-state index in [1.165, 1.54) is 0 Å². The molecule has 6 heteroatoms. The van der Waals surface area contributed by atoms with Gasteiger partial charge in [0.25, 0.3) is 0 Å². The predicted molar refractivity (Wildman–Crippen MR) is 59.6 cm³/mol. The molecule has 0 aromatic heterocycles. The van der Waals surface area contributed by atoms with Crippen LogP contribution in [0.15, 0.2) is 18.2 Å². The van der Waals surface area contributed by atoms with Gasteiger partial charge in [-0.3, -0.25) is 0 Å². The first-order chi connectivity index (χ1) is 6.86. The van der Waals surface area contributed by atoms with Crippen LogP contribution in [0.25, 0.3) is 0 Å². The first kappa shape index (κ1) is 13.8. The van der Waals surface area contributed by atoms with E-state index in [9.17, 15) is 5.11 Å². The van der Waals surface area contributed by atoms with E-state index >= 15 is 0 Å². The van der Waals surface area contributed by atoms with Gasteiger partial charge in [-0.05, 0) is 19.1 Å². The summed E-state index contributed by atoms with van der Waals surface area (Å²) in [5, 5.41) is 30.8. The van der Waals surface area contributed by atoms with Crippen LogP contribution in [0.1, 0.15) is 5.56 Å². The van der Waals surface area contributed by atoms with Gasteiger partial charge in [0.2, 0.25) is 0 Å². The molecule has 1 rings (SSSR count). The van der Waals surface area contributed by atoms with Crippen LogP contribution >= 0.6 is 0 Å². The van der Waals surface area contributed by atoms with Crippen LogP contribution in [-0.2, 0) is 0 Å². The van der Waals surface area contributed by atoms with Gasteiger partial charge in [-0.2, -0.15) is 0 Å². The van der Waals surface area contributed by atoms with Gasteiger partial charge >= 0.3 is 7.32 Å². The van der Waals surface area contributed by atoms with Crippen LogP contribution in [0.3, 0.4) is 0 Å². The van der Waals surface area contributed by atoms with E-state index in [-0.39, 0.29) is 0 Å². The van der Waals surface area contributed by atoms with E-state index in [0.29, 0.717) is 5.75 Å². The standard InChI is InChI=1S/C9H13NO.BH3O3/c1-7-8(10(2)3)5-4-6-9(7)11;2-1(3)4/h4-6,11H,1-3H3;2-4H. The lowest BCUT2D eigenvalue weighted by molar-refractivity contribution is 0.278. The summed E-state index contributed by atoms with van der Waals surface area (Å²) in [5.74, 6) is 0.358. The third-order valence-electron chi connectivity index (χ3n) is 1.76. The molecule has 0 atom stereocenters. The minimum atomic E-state index is -2.17. The molecule has 0 bridgehead atoms. The lowest BCUT2D eigenvalue weighted by Crippen LogP contribution is -2.09. The number of phenols is 1. The largest absolute Gasteiger partial charge is 0.631 e. The smallest absolute Gasteiger partial charge is 0.508 e. The summed E-state index contributed by atoms with van der Waals surface area (Å²) in [7, 11) is 1.75. The molecular formula is C9H16BNO4. The fraction of sp³-hybridized carbons (Fsp3) is 0.333. The molecule has 0 aliphatic rings. The minimum Gasteiger partial charge on any atom is -0.508 e. The number of nitrogens with zero attached hydrogens (tertiary/aromatic N) is 1. The topological polar surface area (TPSA) is 84.2 Å². The van der Waals surface area contributed by atoms with Crippen molar-refractivity contribution >= 4 is 13.0 Å². The van der Waals surface area contributed by atoms with E-state index in [2.05, 4.69) is 0 Å². The highest BCUT2D eigenvalue weighted by Gasteiger charge is 2.02. The third-order valence-corrected chi connectivity index (χ3v) is 1.76. The van der Waals surface area contributed by atoms with Crippen molar-refractivity contribution in [3.8, 4) is 5.75 Å². The Kier molecular flexibility index (Phi) is 5.77. The molecular weight excluding hydrogens is 197 g/mol. The highest BCUT2D eigenvalue weighted by molar-refractivity contribution is 6.30. The summed E-state index contributed by atoms with van der Waals surface area (Å²) in [4.78, 5) is 1.98. The Hall–Kier alpha value is -1.24. The summed E-state index contributed by atoms with van der Waals surface area (Å²) in [6.07, 6.45) is 0. The van der Waals surface area contributed by atoms with Gasteiger partial charge in [-0.15, -0.1) is 0 Å². The van der Waals surface area contributed by atoms with Gasteiger partial charge in [0, 0.05) is 25.3 Å². The first-order valence-corrected chi connectivity index (χ1v) is 4.36. The molecule has 0 amide bonds. The van der Waals surface area contributed by atoms with E-state index in [0.717, 1.165) is 11.3 Å². The fourth-order valence-electron chi connectivity index (χ4n) is 1.10. The molecule has 0 unspecified atom stereocenters. The summed E-state index contributed by atoms with van der Waals surface area (Å²) in [6.45, 7) is 1.91. The molecule has 0 saturated carbocycles. The predicted octanol–water partition coefficient (Wildman–Crippen LogP) is -0.285. The quantitative estimate of drug-likeness (QED) is 0.482. The Morgan fingerprint density at radius 1 is 1.13 bits per heavy atom. The molecule has 1 aromatic carbocycles. The Labute approximate surface area is 89.4 Å². The second-order valence-corrected chi connectivity index (χ2v) is 3.16. The van der Waals surface area contributed by atoms with E-state index < -0.39 is 7.32 Å². The molecule has 5 nitrogen and oxygen atoms in total. The molecule has 1 aromatic rings. The van der Waals surface area contributed by atoms with Crippen molar-refractivity contribution in [1.82, 2.24) is 0 Å². The van der Waals surface area contributed by atoms with Crippen LogP contribution in [0, 0.1) is 6.92 Å². The van der Waals surface area contributed by atoms with Gasteiger partial charge in [0.05, 0.1) is 0 Å². The molecule has 0 saturated heterocycles. The minimum absolute atomic E-state index is 0.358. The summed E-state index contributed by atoms with van der Waals surface area (Å²) < 4.78 is 0. The number of aromatic hydroxyl groups is 1. The van der Waals surface area contributed by atoms with Crippen LogP contribution in [0.4, 0.5) is 5.69 Å². The highest BCUT2D eigenvalue weighted by atomic mass is 16.5. The molecule has 0 aliphatic heterocycles. The number of phenolic OH excluding ortho intramolecular Hbond substituents is 1. The Morgan fingerprint density at radius 3 is 1.93 bits per heavy atom. The maximum Gasteiger partial charge on any atom is 0.631 e. The van der Waals surface area contributed by atoms with Gasteiger partial charge in [0.1, 0.15) is 5.75 Å². The van der Waals surface area contributed by atoms with E-state index in [1.54, 1.807) is 6.07 Å². The zero-order chi connectivity index (χ0) is 12.0. The molecule has 0 spiro atoms. The molecule has 84 valence electrons. The van der Waals surface area contributed by atoms with E-state index in [4.69, 9.17) is 15.1 Å². The van der Waals surface area contributed by atoms with E-state index in [1.807, 2.05) is 38.1 Å². The Morgan fingerprint density at radius 2 is 1.60 bits per heavy atom. The molecule has 0 heterocycles. The van der Waals surface area contributed by atoms with Crippen molar-refractivity contribution < 1.29 is 20.2 Å². The maximum atomic E-state index is 9.32. The van der Waals surface area contributed by atoms with Gasteiger partial charge in [-0.1, -0.05) is 6.07 Å². The van der Waals surface area contributed by atoms with Crippen molar-refractivity contribution in [2.45, 2.75) is 6.92 Å². The van der Waals surface area contributed by atoms with Crippen LogP contribution in [0.5, 0.6) is 5.75 Å². The number of hydrogen-bond donors (Lipinski definition) is 4. The SMILES string of the molecule is Cc1c(O)cccc1N(C)C.OB(O)O. The zero-order valence-corrected chi connectivity index (χ0v) is 9.05. The normalized spacial score (nSPS) is 8.93. The second-order valence-electron chi connectivity index (χ2n) is 3.16. The average molecular weight is 213 g/mol. The van der Waals surface area contributed by atoms with Crippen molar-refractivity contribution in [3.63, 3.8) is 0 Å². The number of hydrogen-bond acceptors (Lipinski definition) is 5. The van der Waals surface area contributed by atoms with Crippen molar-refractivity contribution in [2.75, 3.05) is 19.0 Å². The highest BCUT2D eigenvalue weighted by Crippen LogP contribution is 2.25. The number of rotatable bonds is 1. The van der Waals surface area contributed by atoms with Gasteiger partial charge < -0.3 is 25.1 Å². The van der Waals surface area contributed by atoms with Crippen molar-refractivity contribution in [2.24, 2.45) is 0 Å². The molecule has 4 N–H and O–H groups in total. The molecule has 0 fully saturated rings. The molecule has 0 aliphatic carbocycles. The summed E-state index contributed by atoms with van der Waals surface area (Å²) >= 11 is 0. The monoisotopic (exact) mass is 213 g/mol. The zero-order valence-electron chi connectivity index (χ0n) is 9.05. The first-order valence-electron chi connectivity index (χ1n) is 4.36. The van der Waals surface area contributed by atoms with Crippen LogP contribution in [0.2, 0.25) is 0 Å². The lowest BCUT2D eigenvalue weighted by Gasteiger charge is -2.15. The molecule has 0 radical (unpaired) electrons. The fourth-order valence-corrected chi connectivity index (χ4v) is 1.10. The Bertz CT molecular complexity index is 301. The lowest BCUT2D eigenvalue weighted by atomic mass is 10.2. The Balaban J connectivity index is 0.000000423. The number of anilines is 1. The second kappa shape index (κ2) is 6.29. The van der Waals surface area contributed by atoms with Crippen LogP contribution < -0.4 is 4.90 Å². The summed E-state index contributed by atoms with van der Waals surface area (Å²) in [5.41, 5.74) is 1.99. The van der Waals surface area contributed by atoms with Gasteiger partial charge in [-0.25, -0.2) is 0 Å². The third kappa shape index (κ3) is 5.26. The van der Waals surface area contributed by atoms with Crippen molar-refractivity contribution in [3.05, 3.63) is 23.8 Å². The van der Waals surface area contributed by atoms with Crippen LogP contribution in [-0.4, -0.2) is 41.6 Å². The maximum absolute atomic E-state index is 9.32. The average Bonchev–Trinajstić information content (AvgIpc) is 2.08. The number of benzene rings is 1. The van der Waals surface area contributed by atoms with Gasteiger partial charge in [0.15, 0.2) is 0 Å². The molecule has 15 heavy (non-hydrogen) atoms. The van der Waals surface area contributed by atoms with Crippen molar-refractivity contribution in [1.29, 1.82) is 0 Å².